The van der Waals surface area contributed by atoms with Crippen molar-refractivity contribution in [3.63, 3.8) is 0 Å². The maximum absolute atomic E-state index is 12.6. The lowest BCUT2D eigenvalue weighted by atomic mass is 10.1. The minimum Gasteiger partial charge on any atom is -0.546 e. The fraction of sp³-hybridized carbons (Fsp3) is 0.150. The summed E-state index contributed by atoms with van der Waals surface area (Å²) in [4.78, 5) is 35.5. The molecule has 1 aromatic heterocycles. The van der Waals surface area contributed by atoms with Gasteiger partial charge in [-0.15, -0.1) is 0 Å². The highest BCUT2D eigenvalue weighted by Crippen LogP contribution is 2.16. The molecule has 0 saturated heterocycles. The van der Waals surface area contributed by atoms with Gasteiger partial charge in [-0.25, -0.2) is 10.1 Å². The van der Waals surface area contributed by atoms with Gasteiger partial charge in [0.25, 0.3) is 11.5 Å². The fourth-order valence-corrected chi connectivity index (χ4v) is 2.69. The van der Waals surface area contributed by atoms with Crippen LogP contribution < -0.4 is 20.8 Å². The summed E-state index contributed by atoms with van der Waals surface area (Å²) in [6.45, 7) is 1.47. The standard InChI is InChI=1S/C20H18N4O5/c1-2-24-20(28)15-9-5-4-8-14(15)18(23-24)19(27)22-21-11-13-7-3-6-10-16(13)29-12-17(25)26/h3-11H,2,12H2,1H3,(H,22,27)(H,25,26)/p-1/b21-11-. The number of carbonyl (C=O) groups is 2. The van der Waals surface area contributed by atoms with Crippen LogP contribution in [0, 0.1) is 0 Å². The van der Waals surface area contributed by atoms with Gasteiger partial charge in [-0.1, -0.05) is 30.3 Å². The third kappa shape index (κ3) is 4.46. The van der Waals surface area contributed by atoms with Crippen molar-refractivity contribution in [3.8, 4) is 5.75 Å². The molecule has 0 atom stereocenters. The Kier molecular flexibility index (Phi) is 5.98. The van der Waals surface area contributed by atoms with Gasteiger partial charge in [-0.3, -0.25) is 9.59 Å². The van der Waals surface area contributed by atoms with Gasteiger partial charge in [-0.2, -0.15) is 10.2 Å². The van der Waals surface area contributed by atoms with E-state index in [-0.39, 0.29) is 17.0 Å². The number of para-hydroxylation sites is 1. The molecule has 0 radical (unpaired) electrons. The molecule has 1 heterocycles. The van der Waals surface area contributed by atoms with Crippen molar-refractivity contribution in [1.82, 2.24) is 15.2 Å². The number of carboxylic acid groups (broad SMARTS) is 1. The molecule has 0 unspecified atom stereocenters. The van der Waals surface area contributed by atoms with Crippen LogP contribution in [-0.2, 0) is 11.3 Å². The van der Waals surface area contributed by atoms with Gasteiger partial charge in [0, 0.05) is 17.5 Å². The number of nitrogens with one attached hydrogen (secondary N) is 1. The smallest absolute Gasteiger partial charge is 0.292 e. The Morgan fingerprint density at radius 2 is 1.86 bits per heavy atom. The molecule has 3 aromatic rings. The van der Waals surface area contributed by atoms with Gasteiger partial charge in [0.1, 0.15) is 12.4 Å². The first-order valence-electron chi connectivity index (χ1n) is 8.76. The van der Waals surface area contributed by atoms with E-state index in [0.717, 1.165) is 0 Å². The van der Waals surface area contributed by atoms with Crippen LogP contribution in [-0.4, -0.2) is 34.5 Å². The molecule has 0 spiro atoms. The zero-order chi connectivity index (χ0) is 20.8. The summed E-state index contributed by atoms with van der Waals surface area (Å²) in [5.74, 6) is -1.67. The molecule has 2 aromatic carbocycles. The molecule has 0 bridgehead atoms. The maximum atomic E-state index is 12.6. The molecule has 9 nitrogen and oxygen atoms in total. The molecule has 0 aliphatic carbocycles. The largest absolute Gasteiger partial charge is 0.546 e. The minimum atomic E-state index is -1.35. The molecule has 29 heavy (non-hydrogen) atoms. The number of carbonyl (C=O) groups excluding carboxylic acids is 2. The van der Waals surface area contributed by atoms with Crippen LogP contribution in [0.5, 0.6) is 5.75 Å². The lowest BCUT2D eigenvalue weighted by Crippen LogP contribution is -2.29. The van der Waals surface area contributed by atoms with Crippen molar-refractivity contribution in [2.75, 3.05) is 6.61 Å². The van der Waals surface area contributed by atoms with Gasteiger partial charge in [0.2, 0.25) is 0 Å². The summed E-state index contributed by atoms with van der Waals surface area (Å²) in [5, 5.41) is 19.4. The number of aryl methyl sites for hydroxylation is 1. The number of aliphatic carboxylic acids is 1. The Labute approximate surface area is 165 Å². The molecule has 3 rings (SSSR count). The molecule has 0 aliphatic heterocycles. The number of hydrazone groups is 1. The van der Waals surface area contributed by atoms with Crippen LogP contribution in [0.15, 0.2) is 58.4 Å². The highest BCUT2D eigenvalue weighted by Gasteiger charge is 2.15. The van der Waals surface area contributed by atoms with Crippen LogP contribution in [0.3, 0.4) is 0 Å². The monoisotopic (exact) mass is 393 g/mol. The van der Waals surface area contributed by atoms with Crippen molar-refractivity contribution >= 4 is 28.9 Å². The van der Waals surface area contributed by atoms with Crippen molar-refractivity contribution in [3.05, 3.63) is 70.1 Å². The van der Waals surface area contributed by atoms with Crippen molar-refractivity contribution < 1.29 is 19.4 Å². The SMILES string of the molecule is CCn1nc(C(=O)N/N=C\c2ccccc2OCC(=O)[O-])c2ccccc2c1=O. The van der Waals surface area contributed by atoms with E-state index in [4.69, 9.17) is 4.74 Å². The topological polar surface area (TPSA) is 126 Å². The second-order valence-corrected chi connectivity index (χ2v) is 5.91. The van der Waals surface area contributed by atoms with Gasteiger partial charge >= 0.3 is 0 Å². The number of rotatable bonds is 7. The summed E-state index contributed by atoms with van der Waals surface area (Å²) < 4.78 is 6.34. The average molecular weight is 393 g/mol. The molecule has 9 heteroatoms. The molecular formula is C20H17N4O5-. The van der Waals surface area contributed by atoms with Crippen LogP contribution in [0.4, 0.5) is 0 Å². The molecular weight excluding hydrogens is 376 g/mol. The lowest BCUT2D eigenvalue weighted by Gasteiger charge is -2.09. The quantitative estimate of drug-likeness (QED) is 0.455. The van der Waals surface area contributed by atoms with E-state index in [1.54, 1.807) is 55.5 Å². The van der Waals surface area contributed by atoms with Gasteiger partial charge < -0.3 is 14.6 Å². The molecule has 148 valence electrons. The number of amides is 1. The Hall–Kier alpha value is -4.01. The first-order valence-corrected chi connectivity index (χ1v) is 8.76. The summed E-state index contributed by atoms with van der Waals surface area (Å²) in [6.07, 6.45) is 1.32. The van der Waals surface area contributed by atoms with E-state index < -0.39 is 18.5 Å². The number of carboxylic acids is 1. The van der Waals surface area contributed by atoms with Crippen LogP contribution in [0.2, 0.25) is 0 Å². The Bertz CT molecular complexity index is 1150. The van der Waals surface area contributed by atoms with E-state index in [1.165, 1.54) is 10.9 Å². The fourth-order valence-electron chi connectivity index (χ4n) is 2.69. The number of hydrogen-bond donors (Lipinski definition) is 1. The summed E-state index contributed by atoms with van der Waals surface area (Å²) in [6, 6.07) is 13.3. The molecule has 0 saturated carbocycles. The van der Waals surface area contributed by atoms with E-state index >= 15 is 0 Å². The van der Waals surface area contributed by atoms with Gasteiger partial charge in [-0.05, 0) is 25.1 Å². The highest BCUT2D eigenvalue weighted by atomic mass is 16.5. The number of ether oxygens (including phenoxy) is 1. The second-order valence-electron chi connectivity index (χ2n) is 5.91. The van der Waals surface area contributed by atoms with E-state index in [0.29, 0.717) is 22.9 Å². The van der Waals surface area contributed by atoms with Crippen molar-refractivity contribution in [2.45, 2.75) is 13.5 Å². The van der Waals surface area contributed by atoms with Crippen molar-refractivity contribution in [2.24, 2.45) is 5.10 Å². The van der Waals surface area contributed by atoms with Crippen molar-refractivity contribution in [1.29, 1.82) is 0 Å². The predicted octanol–water partition coefficient (Wildman–Crippen LogP) is 0.309. The number of benzene rings is 2. The number of hydrogen-bond acceptors (Lipinski definition) is 7. The number of nitrogens with zero attached hydrogens (tertiary/aromatic N) is 3. The Balaban J connectivity index is 1.85. The van der Waals surface area contributed by atoms with Gasteiger partial charge in [0.05, 0.1) is 17.6 Å². The maximum Gasteiger partial charge on any atom is 0.292 e. The van der Waals surface area contributed by atoms with Crippen LogP contribution in [0.25, 0.3) is 10.8 Å². The zero-order valence-corrected chi connectivity index (χ0v) is 15.5. The third-order valence-electron chi connectivity index (χ3n) is 4.02. The summed E-state index contributed by atoms with van der Waals surface area (Å²) >= 11 is 0. The minimum absolute atomic E-state index is 0.0701. The number of aromatic nitrogens is 2. The zero-order valence-electron chi connectivity index (χ0n) is 15.5. The second kappa shape index (κ2) is 8.79. The summed E-state index contributed by atoms with van der Waals surface area (Å²) in [5.41, 5.74) is 2.63. The Morgan fingerprint density at radius 3 is 2.59 bits per heavy atom. The Morgan fingerprint density at radius 1 is 1.17 bits per heavy atom. The average Bonchev–Trinajstić information content (AvgIpc) is 2.73. The molecule has 1 amide bonds. The van der Waals surface area contributed by atoms with E-state index in [9.17, 15) is 19.5 Å². The van der Waals surface area contributed by atoms with Crippen LogP contribution in [0.1, 0.15) is 23.0 Å². The van der Waals surface area contributed by atoms with Gasteiger partial charge in [0.15, 0.2) is 5.69 Å². The first-order chi connectivity index (χ1) is 14.0. The third-order valence-corrected chi connectivity index (χ3v) is 4.02. The highest BCUT2D eigenvalue weighted by molar-refractivity contribution is 6.05. The summed E-state index contributed by atoms with van der Waals surface area (Å²) in [7, 11) is 0. The van der Waals surface area contributed by atoms with E-state index in [2.05, 4.69) is 15.6 Å². The lowest BCUT2D eigenvalue weighted by molar-refractivity contribution is -0.307. The molecule has 1 N–H and O–H groups in total. The normalized spacial score (nSPS) is 10.9. The van der Waals surface area contributed by atoms with E-state index in [1.807, 2.05) is 0 Å². The molecule has 0 aliphatic rings. The van der Waals surface area contributed by atoms with Crippen LogP contribution >= 0.6 is 0 Å². The number of fused-ring (bicyclic) bond motifs is 1. The first kappa shape index (κ1) is 19.7. The molecule has 0 fully saturated rings. The predicted molar refractivity (Wildman–Crippen MR) is 104 cm³/mol.